The van der Waals surface area contributed by atoms with Crippen molar-refractivity contribution < 1.29 is 64.6 Å². The fourth-order valence-corrected chi connectivity index (χ4v) is 10.5. The average molecular weight is 1100 g/mol. The summed E-state index contributed by atoms with van der Waals surface area (Å²) in [4.78, 5) is 13.1. The van der Waals surface area contributed by atoms with Crippen LogP contribution in [0.15, 0.2) is 36.5 Å². The van der Waals surface area contributed by atoms with E-state index < -0.39 is 86.8 Å². The van der Waals surface area contributed by atoms with Crippen molar-refractivity contribution in [3.63, 3.8) is 0 Å². The Hall–Kier alpha value is -1.79. The normalized spacial score (nSPS) is 24.9. The Morgan fingerprint density at radius 2 is 0.857 bits per heavy atom. The standard InChI is InChI=1S/C63H117NO13/c1-3-5-7-9-10-11-12-13-14-15-16-17-18-19-20-21-22-23-24-25-26-27-28-29-30-31-32-33-34-35-36-37-38-39-40-41-42-43-45-47-55(68)64-51(52(67)46-44-8-6-4-2)50-74-62-60(73)58(71)61(54(49-66)76-62)77-63-59(72)57(70)56(69)53(48-65)75-63/h12-13,15-16,18-19,51-54,56-63,65-67,69-73H,3-11,14,17,20-50H2,1-2H3,(H,64,68)/b13-12-,16-15-,19-18-. The number of carbonyl (C=O) groups excluding carboxylic acids is 1. The summed E-state index contributed by atoms with van der Waals surface area (Å²) in [7, 11) is 0. The number of amides is 1. The molecule has 9 N–H and O–H groups in total. The van der Waals surface area contributed by atoms with Gasteiger partial charge in [0.2, 0.25) is 5.91 Å². The van der Waals surface area contributed by atoms with E-state index in [4.69, 9.17) is 18.9 Å². The maximum Gasteiger partial charge on any atom is 0.220 e. The molecule has 12 atom stereocenters. The van der Waals surface area contributed by atoms with Gasteiger partial charge in [0.15, 0.2) is 12.6 Å². The van der Waals surface area contributed by atoms with E-state index in [1.54, 1.807) is 0 Å². The number of rotatable bonds is 51. The summed E-state index contributed by atoms with van der Waals surface area (Å²) in [5.41, 5.74) is 0. The second kappa shape index (κ2) is 48.9. The van der Waals surface area contributed by atoms with Crippen molar-refractivity contribution in [3.05, 3.63) is 36.5 Å². The van der Waals surface area contributed by atoms with Crippen LogP contribution in [0.4, 0.5) is 0 Å². The maximum atomic E-state index is 13.1. The van der Waals surface area contributed by atoms with E-state index >= 15 is 0 Å². The van der Waals surface area contributed by atoms with Gasteiger partial charge in [-0.2, -0.15) is 0 Å². The molecule has 452 valence electrons. The molecule has 14 nitrogen and oxygen atoms in total. The minimum Gasteiger partial charge on any atom is -0.394 e. The first kappa shape index (κ1) is 71.3. The molecule has 2 fully saturated rings. The zero-order chi connectivity index (χ0) is 56.0. The quantitative estimate of drug-likeness (QED) is 0.0204. The molecule has 14 heteroatoms. The second-order valence-corrected chi connectivity index (χ2v) is 22.5. The molecule has 0 spiro atoms. The van der Waals surface area contributed by atoms with Crippen LogP contribution in [0.3, 0.4) is 0 Å². The highest BCUT2D eigenvalue weighted by molar-refractivity contribution is 5.76. The molecule has 0 aromatic carbocycles. The number of aliphatic hydroxyl groups excluding tert-OH is 8. The molecule has 12 unspecified atom stereocenters. The zero-order valence-electron chi connectivity index (χ0n) is 48.7. The van der Waals surface area contributed by atoms with Crippen molar-refractivity contribution in [2.24, 2.45) is 0 Å². The van der Waals surface area contributed by atoms with Crippen molar-refractivity contribution in [2.45, 2.75) is 338 Å². The van der Waals surface area contributed by atoms with Crippen LogP contribution in [0, 0.1) is 0 Å². The molecule has 77 heavy (non-hydrogen) atoms. The molecule has 0 saturated carbocycles. The van der Waals surface area contributed by atoms with Gasteiger partial charge in [-0.05, 0) is 51.4 Å². The number of aliphatic hydroxyl groups is 8. The molecule has 2 heterocycles. The summed E-state index contributed by atoms with van der Waals surface area (Å²) >= 11 is 0. The summed E-state index contributed by atoms with van der Waals surface area (Å²) < 4.78 is 22.6. The first-order valence-electron chi connectivity index (χ1n) is 31.7. The third-order valence-corrected chi connectivity index (χ3v) is 15.6. The Morgan fingerprint density at radius 1 is 0.468 bits per heavy atom. The van der Waals surface area contributed by atoms with E-state index in [1.807, 2.05) is 0 Å². The number of carbonyl (C=O) groups is 1. The van der Waals surface area contributed by atoms with Crippen LogP contribution in [0.2, 0.25) is 0 Å². The minimum absolute atomic E-state index is 0.212. The number of ether oxygens (including phenoxy) is 4. The van der Waals surface area contributed by atoms with Crippen molar-refractivity contribution in [3.8, 4) is 0 Å². The average Bonchev–Trinajstić information content (AvgIpc) is 3.43. The first-order valence-corrected chi connectivity index (χ1v) is 31.7. The Kier molecular flexibility index (Phi) is 45.3. The van der Waals surface area contributed by atoms with Crippen LogP contribution in [0.5, 0.6) is 0 Å². The lowest BCUT2D eigenvalue weighted by atomic mass is 9.97. The second-order valence-electron chi connectivity index (χ2n) is 22.5. The molecule has 2 aliphatic heterocycles. The first-order chi connectivity index (χ1) is 37.6. The van der Waals surface area contributed by atoms with Crippen LogP contribution < -0.4 is 5.32 Å². The molecule has 0 bridgehead atoms. The van der Waals surface area contributed by atoms with Crippen molar-refractivity contribution in [1.82, 2.24) is 5.32 Å². The van der Waals surface area contributed by atoms with Gasteiger partial charge in [0.05, 0.1) is 32.0 Å². The van der Waals surface area contributed by atoms with Gasteiger partial charge in [0.25, 0.3) is 0 Å². The summed E-state index contributed by atoms with van der Waals surface area (Å²) in [5.74, 6) is -0.212. The van der Waals surface area contributed by atoms with E-state index in [1.165, 1.54) is 173 Å². The van der Waals surface area contributed by atoms with Gasteiger partial charge in [-0.1, -0.05) is 243 Å². The number of allylic oxidation sites excluding steroid dienone is 6. The minimum atomic E-state index is -1.78. The van der Waals surface area contributed by atoms with E-state index in [-0.39, 0.29) is 12.5 Å². The summed E-state index contributed by atoms with van der Waals surface area (Å²) in [6, 6.07) is -0.822. The predicted molar refractivity (Wildman–Crippen MR) is 309 cm³/mol. The van der Waals surface area contributed by atoms with Gasteiger partial charge < -0.3 is 65.1 Å². The number of hydrogen-bond acceptors (Lipinski definition) is 13. The summed E-state index contributed by atoms with van der Waals surface area (Å²) in [6.45, 7) is 2.72. The Labute approximate surface area is 468 Å². The predicted octanol–water partition coefficient (Wildman–Crippen LogP) is 11.4. The van der Waals surface area contributed by atoms with E-state index in [0.29, 0.717) is 12.8 Å². The lowest BCUT2D eigenvalue weighted by Gasteiger charge is -2.46. The van der Waals surface area contributed by atoms with Crippen LogP contribution in [-0.2, 0) is 23.7 Å². The molecule has 2 saturated heterocycles. The van der Waals surface area contributed by atoms with Crippen LogP contribution in [0.1, 0.15) is 264 Å². The monoisotopic (exact) mass is 1100 g/mol. The topological polar surface area (TPSA) is 228 Å². The Balaban J connectivity index is 1.45. The maximum absolute atomic E-state index is 13.1. The third-order valence-electron chi connectivity index (χ3n) is 15.6. The highest BCUT2D eigenvalue weighted by Gasteiger charge is 2.51. The van der Waals surface area contributed by atoms with E-state index in [9.17, 15) is 45.6 Å². The molecule has 0 aromatic heterocycles. The molecule has 0 radical (unpaired) electrons. The summed E-state index contributed by atoms with van der Waals surface area (Å²) in [6.07, 6.45) is 44.3. The molecular formula is C63H117NO13. The zero-order valence-corrected chi connectivity index (χ0v) is 48.7. The van der Waals surface area contributed by atoms with Crippen molar-refractivity contribution in [2.75, 3.05) is 19.8 Å². The highest BCUT2D eigenvalue weighted by atomic mass is 16.7. The van der Waals surface area contributed by atoms with Crippen LogP contribution in [0.25, 0.3) is 0 Å². The molecule has 1 amide bonds. The number of hydrogen-bond donors (Lipinski definition) is 9. The smallest absolute Gasteiger partial charge is 0.220 e. The van der Waals surface area contributed by atoms with Crippen molar-refractivity contribution >= 4 is 5.91 Å². The highest BCUT2D eigenvalue weighted by Crippen LogP contribution is 2.30. The fourth-order valence-electron chi connectivity index (χ4n) is 10.5. The van der Waals surface area contributed by atoms with Gasteiger partial charge in [-0.3, -0.25) is 4.79 Å². The molecular weight excluding hydrogens is 979 g/mol. The van der Waals surface area contributed by atoms with Gasteiger partial charge in [0, 0.05) is 6.42 Å². The van der Waals surface area contributed by atoms with Gasteiger partial charge in [0.1, 0.15) is 48.8 Å². The van der Waals surface area contributed by atoms with Crippen LogP contribution in [-0.4, -0.2) is 140 Å². The number of nitrogens with one attached hydrogen (secondary N) is 1. The summed E-state index contributed by atoms with van der Waals surface area (Å²) in [5, 5.41) is 86.4. The van der Waals surface area contributed by atoms with E-state index in [0.717, 1.165) is 64.2 Å². The third kappa shape index (κ3) is 34.3. The SMILES string of the molecule is CCCCCCC/C=C\C/C=C\C/C=C\CCCCCCCCCCCCCCCCCCCCCCCCCCC(=O)NC(COC1OC(CO)C(OC2OC(CO)C(O)C(O)C2O)C(O)C1O)C(O)CCCCCC. The molecule has 2 rings (SSSR count). The molecule has 0 aliphatic carbocycles. The van der Waals surface area contributed by atoms with Gasteiger partial charge in [-0.15, -0.1) is 0 Å². The lowest BCUT2D eigenvalue weighted by molar-refractivity contribution is -0.359. The molecule has 0 aromatic rings. The van der Waals surface area contributed by atoms with Gasteiger partial charge in [-0.25, -0.2) is 0 Å². The number of unbranched alkanes of at least 4 members (excludes halogenated alkanes) is 32. The van der Waals surface area contributed by atoms with Crippen LogP contribution >= 0.6 is 0 Å². The van der Waals surface area contributed by atoms with Crippen molar-refractivity contribution in [1.29, 1.82) is 0 Å². The Morgan fingerprint density at radius 3 is 1.31 bits per heavy atom. The van der Waals surface area contributed by atoms with E-state index in [2.05, 4.69) is 55.6 Å². The largest absolute Gasteiger partial charge is 0.394 e. The lowest BCUT2D eigenvalue weighted by Crippen LogP contribution is -2.65. The molecule has 2 aliphatic rings. The fraction of sp³-hybridized carbons (Fsp3) is 0.889. The van der Waals surface area contributed by atoms with Gasteiger partial charge >= 0.3 is 0 Å². The Bertz CT molecular complexity index is 1430.